The van der Waals surface area contributed by atoms with Gasteiger partial charge in [0.1, 0.15) is 5.54 Å². The average molecular weight is 288 g/mol. The maximum Gasteiger partial charge on any atom is 0.331 e. The van der Waals surface area contributed by atoms with Crippen molar-refractivity contribution < 1.29 is 9.53 Å². The predicted molar refractivity (Wildman–Crippen MR) is 64.4 cm³/mol. The molecule has 0 saturated heterocycles. The lowest BCUT2D eigenvalue weighted by Gasteiger charge is -2.25. The summed E-state index contributed by atoms with van der Waals surface area (Å²) in [6.45, 7) is 5.33. The molecule has 0 amide bonds. The summed E-state index contributed by atoms with van der Waals surface area (Å²) in [5.74, 6) is -0.421. The Morgan fingerprint density at radius 3 is 2.69 bits per heavy atom. The monoisotopic (exact) mass is 287 g/mol. The molecular formula is C11H14BrNO3. The number of hydrogen-bond donors (Lipinski definition) is 0. The fourth-order valence-corrected chi connectivity index (χ4v) is 1.64. The highest BCUT2D eigenvalue weighted by Crippen LogP contribution is 2.17. The van der Waals surface area contributed by atoms with Crippen molar-refractivity contribution in [3.05, 3.63) is 33.2 Å². The Morgan fingerprint density at radius 1 is 1.50 bits per heavy atom. The molecule has 0 aliphatic carbocycles. The zero-order valence-electron chi connectivity index (χ0n) is 9.49. The number of carbonyl (C=O) groups is 1. The summed E-state index contributed by atoms with van der Waals surface area (Å²) in [5, 5.41) is 0. The molecule has 0 aliphatic heterocycles. The van der Waals surface area contributed by atoms with Crippen LogP contribution in [0.1, 0.15) is 20.8 Å². The van der Waals surface area contributed by atoms with Gasteiger partial charge in [0, 0.05) is 16.7 Å². The van der Waals surface area contributed by atoms with Crippen molar-refractivity contribution >= 4 is 21.9 Å². The minimum absolute atomic E-state index is 0.235. The molecule has 88 valence electrons. The van der Waals surface area contributed by atoms with Gasteiger partial charge in [-0.3, -0.25) is 9.36 Å². The van der Waals surface area contributed by atoms with Gasteiger partial charge in [-0.25, -0.2) is 4.79 Å². The van der Waals surface area contributed by atoms with E-state index in [-0.39, 0.29) is 5.56 Å². The standard InChI is InChI=1S/C11H14BrNO3/c1-4-16-10(15)11(2,3)13-7-8(12)5-6-9(13)14/h5-7H,4H2,1-3H3. The second-order valence-electron chi connectivity index (χ2n) is 3.84. The highest BCUT2D eigenvalue weighted by atomic mass is 79.9. The number of ether oxygens (including phenoxy) is 1. The summed E-state index contributed by atoms with van der Waals surface area (Å²) in [5.41, 5.74) is -1.24. The van der Waals surface area contributed by atoms with E-state index in [4.69, 9.17) is 4.74 Å². The summed E-state index contributed by atoms with van der Waals surface area (Å²) in [6.07, 6.45) is 1.58. The van der Waals surface area contributed by atoms with E-state index in [9.17, 15) is 9.59 Å². The first-order chi connectivity index (χ1) is 7.39. The first kappa shape index (κ1) is 13.0. The third-order valence-electron chi connectivity index (χ3n) is 2.25. The fourth-order valence-electron chi connectivity index (χ4n) is 1.30. The molecule has 4 nitrogen and oxygen atoms in total. The Bertz CT molecular complexity index is 451. The van der Waals surface area contributed by atoms with E-state index < -0.39 is 11.5 Å². The van der Waals surface area contributed by atoms with Crippen molar-refractivity contribution in [2.24, 2.45) is 0 Å². The second-order valence-corrected chi connectivity index (χ2v) is 4.75. The van der Waals surface area contributed by atoms with Crippen LogP contribution >= 0.6 is 15.9 Å². The van der Waals surface area contributed by atoms with Crippen LogP contribution in [-0.4, -0.2) is 17.1 Å². The van der Waals surface area contributed by atoms with Gasteiger partial charge in [-0.1, -0.05) is 0 Å². The van der Waals surface area contributed by atoms with E-state index >= 15 is 0 Å². The number of rotatable bonds is 3. The summed E-state index contributed by atoms with van der Waals surface area (Å²) in [4.78, 5) is 23.4. The summed E-state index contributed by atoms with van der Waals surface area (Å²) in [6, 6.07) is 3.05. The quantitative estimate of drug-likeness (QED) is 0.798. The molecule has 5 heteroatoms. The number of hydrogen-bond acceptors (Lipinski definition) is 3. The summed E-state index contributed by atoms with van der Waals surface area (Å²) in [7, 11) is 0. The van der Waals surface area contributed by atoms with Crippen molar-refractivity contribution in [3.63, 3.8) is 0 Å². The van der Waals surface area contributed by atoms with Crippen LogP contribution in [0.25, 0.3) is 0 Å². The van der Waals surface area contributed by atoms with Crippen LogP contribution in [0.5, 0.6) is 0 Å². The molecule has 0 aromatic carbocycles. The van der Waals surface area contributed by atoms with E-state index in [2.05, 4.69) is 15.9 Å². The number of aromatic nitrogens is 1. The Morgan fingerprint density at radius 2 is 2.12 bits per heavy atom. The van der Waals surface area contributed by atoms with Crippen molar-refractivity contribution in [2.75, 3.05) is 6.61 Å². The largest absolute Gasteiger partial charge is 0.464 e. The summed E-state index contributed by atoms with van der Waals surface area (Å²) >= 11 is 3.27. The maximum atomic E-state index is 11.7. The molecule has 0 atom stereocenters. The molecule has 0 radical (unpaired) electrons. The Labute approximate surface area is 102 Å². The molecular weight excluding hydrogens is 274 g/mol. The molecule has 0 unspecified atom stereocenters. The van der Waals surface area contributed by atoms with Gasteiger partial charge in [-0.2, -0.15) is 0 Å². The van der Waals surface area contributed by atoms with Gasteiger partial charge in [-0.15, -0.1) is 0 Å². The van der Waals surface area contributed by atoms with E-state index in [1.807, 2.05) is 0 Å². The molecule has 16 heavy (non-hydrogen) atoms. The van der Waals surface area contributed by atoms with Crippen LogP contribution in [0.2, 0.25) is 0 Å². The minimum Gasteiger partial charge on any atom is -0.464 e. The van der Waals surface area contributed by atoms with E-state index in [0.717, 1.165) is 4.47 Å². The molecule has 1 heterocycles. The van der Waals surface area contributed by atoms with Gasteiger partial charge in [0.05, 0.1) is 6.61 Å². The third-order valence-corrected chi connectivity index (χ3v) is 2.72. The Kier molecular flexibility index (Phi) is 3.91. The van der Waals surface area contributed by atoms with Gasteiger partial charge < -0.3 is 4.74 Å². The summed E-state index contributed by atoms with van der Waals surface area (Å²) < 4.78 is 7.04. The second kappa shape index (κ2) is 4.82. The smallest absolute Gasteiger partial charge is 0.331 e. The molecule has 0 N–H and O–H groups in total. The van der Waals surface area contributed by atoms with Gasteiger partial charge in [0.25, 0.3) is 5.56 Å². The first-order valence-corrected chi connectivity index (χ1v) is 5.74. The molecule has 0 fully saturated rings. The highest BCUT2D eigenvalue weighted by molar-refractivity contribution is 9.10. The van der Waals surface area contributed by atoms with Gasteiger partial charge in [0.15, 0.2) is 0 Å². The van der Waals surface area contributed by atoms with Crippen molar-refractivity contribution in [3.8, 4) is 0 Å². The third kappa shape index (κ3) is 2.52. The van der Waals surface area contributed by atoms with Crippen LogP contribution < -0.4 is 5.56 Å². The normalized spacial score (nSPS) is 11.2. The molecule has 1 aromatic heterocycles. The number of halogens is 1. The molecule has 0 spiro atoms. The lowest BCUT2D eigenvalue weighted by atomic mass is 10.1. The maximum absolute atomic E-state index is 11.7. The topological polar surface area (TPSA) is 48.3 Å². The minimum atomic E-state index is -1.00. The predicted octanol–water partition coefficient (Wildman–Crippen LogP) is 1.91. The number of carbonyl (C=O) groups excluding carboxylic acids is 1. The highest BCUT2D eigenvalue weighted by Gasteiger charge is 2.31. The Balaban J connectivity index is 3.20. The van der Waals surface area contributed by atoms with Crippen LogP contribution in [0.3, 0.4) is 0 Å². The van der Waals surface area contributed by atoms with Crippen molar-refractivity contribution in [1.29, 1.82) is 0 Å². The molecule has 0 bridgehead atoms. The average Bonchev–Trinajstić information content (AvgIpc) is 2.22. The lowest BCUT2D eigenvalue weighted by molar-refractivity contribution is -0.152. The van der Waals surface area contributed by atoms with E-state index in [0.29, 0.717) is 6.61 Å². The zero-order valence-corrected chi connectivity index (χ0v) is 11.1. The van der Waals surface area contributed by atoms with Crippen LogP contribution in [0.15, 0.2) is 27.6 Å². The molecule has 1 rings (SSSR count). The van der Waals surface area contributed by atoms with Crippen LogP contribution in [-0.2, 0) is 15.1 Å². The fraction of sp³-hybridized carbons (Fsp3) is 0.455. The number of esters is 1. The van der Waals surface area contributed by atoms with Crippen molar-refractivity contribution in [2.45, 2.75) is 26.3 Å². The first-order valence-electron chi connectivity index (χ1n) is 4.95. The van der Waals surface area contributed by atoms with Gasteiger partial charge >= 0.3 is 5.97 Å². The molecule has 0 aliphatic rings. The van der Waals surface area contributed by atoms with E-state index in [1.165, 1.54) is 10.6 Å². The number of pyridine rings is 1. The van der Waals surface area contributed by atoms with Crippen LogP contribution in [0, 0.1) is 0 Å². The Hall–Kier alpha value is -1.10. The van der Waals surface area contributed by atoms with Gasteiger partial charge in [0.2, 0.25) is 0 Å². The van der Waals surface area contributed by atoms with E-state index in [1.54, 1.807) is 33.0 Å². The lowest BCUT2D eigenvalue weighted by Crippen LogP contribution is -2.43. The molecule has 0 saturated carbocycles. The SMILES string of the molecule is CCOC(=O)C(C)(C)n1cc(Br)ccc1=O. The number of nitrogens with zero attached hydrogens (tertiary/aromatic N) is 1. The van der Waals surface area contributed by atoms with Crippen LogP contribution in [0.4, 0.5) is 0 Å². The zero-order chi connectivity index (χ0) is 12.3. The van der Waals surface area contributed by atoms with Crippen molar-refractivity contribution in [1.82, 2.24) is 4.57 Å². The molecule has 1 aromatic rings. The van der Waals surface area contributed by atoms with Gasteiger partial charge in [-0.05, 0) is 42.8 Å².